The second kappa shape index (κ2) is 12.4. The van der Waals surface area contributed by atoms with Gasteiger partial charge in [-0.3, -0.25) is 9.59 Å². The highest BCUT2D eigenvalue weighted by Crippen LogP contribution is 2.19. The molecule has 0 aromatic heterocycles. The smallest absolute Gasteiger partial charge is 0.243 e. The Kier molecular flexibility index (Phi) is 9.29. The molecule has 0 saturated heterocycles. The summed E-state index contributed by atoms with van der Waals surface area (Å²) in [5.41, 5.74) is 5.11. The molecule has 0 aliphatic rings. The van der Waals surface area contributed by atoms with Crippen molar-refractivity contribution in [1.29, 1.82) is 0 Å². The van der Waals surface area contributed by atoms with Crippen molar-refractivity contribution in [2.24, 2.45) is 0 Å². The van der Waals surface area contributed by atoms with Gasteiger partial charge in [-0.2, -0.15) is 0 Å². The monoisotopic (exact) mass is 476 g/mol. The molecule has 34 heavy (non-hydrogen) atoms. The van der Waals surface area contributed by atoms with Crippen molar-refractivity contribution in [3.63, 3.8) is 0 Å². The van der Waals surface area contributed by atoms with Crippen LogP contribution in [0, 0.1) is 13.8 Å². The van der Waals surface area contributed by atoms with Crippen molar-refractivity contribution in [1.82, 2.24) is 10.2 Å². The lowest BCUT2D eigenvalue weighted by Crippen LogP contribution is -2.51. The van der Waals surface area contributed by atoms with Gasteiger partial charge in [0.25, 0.3) is 0 Å². The van der Waals surface area contributed by atoms with E-state index in [0.717, 1.165) is 34.2 Å². The number of aryl methyl sites for hydroxylation is 2. The second-order valence-corrected chi connectivity index (χ2v) is 9.19. The highest BCUT2D eigenvalue weighted by atomic mass is 35.5. The van der Waals surface area contributed by atoms with Gasteiger partial charge in [0.1, 0.15) is 6.04 Å². The number of rotatable bonds is 10. The lowest BCUT2D eigenvalue weighted by Gasteiger charge is -2.32. The van der Waals surface area contributed by atoms with E-state index in [1.165, 1.54) is 0 Å². The molecule has 0 fully saturated rings. The van der Waals surface area contributed by atoms with Gasteiger partial charge in [-0.05, 0) is 54.7 Å². The Morgan fingerprint density at radius 1 is 0.941 bits per heavy atom. The topological polar surface area (TPSA) is 49.4 Å². The molecule has 0 radical (unpaired) electrons. The molecule has 0 aliphatic carbocycles. The Hall–Kier alpha value is -3.11. The third-order valence-electron chi connectivity index (χ3n) is 5.93. The third kappa shape index (κ3) is 7.19. The average molecular weight is 477 g/mol. The van der Waals surface area contributed by atoms with E-state index in [0.29, 0.717) is 24.5 Å². The second-order valence-electron chi connectivity index (χ2n) is 8.75. The first-order valence-electron chi connectivity index (χ1n) is 11.8. The maximum Gasteiger partial charge on any atom is 0.243 e. The van der Waals surface area contributed by atoms with Gasteiger partial charge in [0, 0.05) is 24.5 Å². The van der Waals surface area contributed by atoms with Gasteiger partial charge in [-0.25, -0.2) is 0 Å². The molecule has 1 atom stereocenters. The summed E-state index contributed by atoms with van der Waals surface area (Å²) in [4.78, 5) is 28.8. The number of amides is 2. The molecular weight excluding hydrogens is 444 g/mol. The molecule has 3 aromatic carbocycles. The van der Waals surface area contributed by atoms with E-state index < -0.39 is 6.04 Å². The van der Waals surface area contributed by atoms with Crippen molar-refractivity contribution in [3.05, 3.63) is 106 Å². The van der Waals surface area contributed by atoms with Crippen LogP contribution in [0.4, 0.5) is 0 Å². The number of hydrogen-bond acceptors (Lipinski definition) is 2. The summed E-state index contributed by atoms with van der Waals surface area (Å²) in [5.74, 6) is -0.204. The zero-order chi connectivity index (χ0) is 24.5. The molecule has 3 aromatic rings. The molecule has 0 aliphatic heterocycles. The largest absolute Gasteiger partial charge is 0.354 e. The van der Waals surface area contributed by atoms with Crippen LogP contribution >= 0.6 is 11.6 Å². The zero-order valence-corrected chi connectivity index (χ0v) is 20.9. The first-order chi connectivity index (χ1) is 16.4. The van der Waals surface area contributed by atoms with Crippen molar-refractivity contribution in [2.45, 2.75) is 52.6 Å². The summed E-state index contributed by atoms with van der Waals surface area (Å²) in [5, 5.41) is 3.65. The Balaban J connectivity index is 1.97. The van der Waals surface area contributed by atoms with Crippen LogP contribution in [-0.2, 0) is 29.0 Å². The van der Waals surface area contributed by atoms with Crippen molar-refractivity contribution in [2.75, 3.05) is 6.54 Å². The van der Waals surface area contributed by atoms with Crippen molar-refractivity contribution < 1.29 is 9.59 Å². The van der Waals surface area contributed by atoms with Crippen molar-refractivity contribution >= 4 is 23.4 Å². The SMILES string of the molecule is CCCNC(=O)C(Cc1ccccc1)N(Cc1ccc(Cl)cc1)C(=O)Cc1cc(C)ccc1C. The summed E-state index contributed by atoms with van der Waals surface area (Å²) in [6, 6.07) is 22.8. The Labute approximate surface area is 207 Å². The summed E-state index contributed by atoms with van der Waals surface area (Å²) >= 11 is 6.08. The molecule has 3 rings (SSSR count). The summed E-state index contributed by atoms with van der Waals surface area (Å²) in [6.07, 6.45) is 1.52. The fraction of sp³-hybridized carbons (Fsp3) is 0.310. The minimum absolute atomic E-state index is 0.0729. The normalized spacial score (nSPS) is 11.6. The van der Waals surface area contributed by atoms with Crippen LogP contribution < -0.4 is 5.32 Å². The lowest BCUT2D eigenvalue weighted by molar-refractivity contribution is -0.140. The van der Waals surface area contributed by atoms with E-state index in [1.54, 1.807) is 4.90 Å². The molecule has 4 nitrogen and oxygen atoms in total. The van der Waals surface area contributed by atoms with Gasteiger partial charge >= 0.3 is 0 Å². The Morgan fingerprint density at radius 3 is 2.32 bits per heavy atom. The van der Waals surface area contributed by atoms with E-state index in [1.807, 2.05) is 87.5 Å². The van der Waals surface area contributed by atoms with Gasteiger partial charge in [0.15, 0.2) is 0 Å². The van der Waals surface area contributed by atoms with E-state index in [-0.39, 0.29) is 18.2 Å². The minimum atomic E-state index is -0.623. The van der Waals surface area contributed by atoms with Gasteiger partial charge < -0.3 is 10.2 Å². The molecule has 1 N–H and O–H groups in total. The molecule has 2 amide bonds. The zero-order valence-electron chi connectivity index (χ0n) is 20.2. The van der Waals surface area contributed by atoms with Crippen molar-refractivity contribution in [3.8, 4) is 0 Å². The number of halogens is 1. The number of nitrogens with one attached hydrogen (secondary N) is 1. The van der Waals surface area contributed by atoms with Gasteiger partial charge in [-0.1, -0.05) is 84.8 Å². The Bertz CT molecular complexity index is 1100. The fourth-order valence-electron chi connectivity index (χ4n) is 3.96. The highest BCUT2D eigenvalue weighted by Gasteiger charge is 2.30. The minimum Gasteiger partial charge on any atom is -0.354 e. The van der Waals surface area contributed by atoms with Crippen LogP contribution in [0.3, 0.4) is 0 Å². The molecule has 0 bridgehead atoms. The number of carbonyl (C=O) groups is 2. The van der Waals surface area contributed by atoms with Gasteiger partial charge in [-0.15, -0.1) is 0 Å². The predicted molar refractivity (Wildman–Crippen MR) is 139 cm³/mol. The van der Waals surface area contributed by atoms with Crippen LogP contribution in [0.5, 0.6) is 0 Å². The third-order valence-corrected chi connectivity index (χ3v) is 6.18. The van der Waals surface area contributed by atoms with Crippen LogP contribution in [-0.4, -0.2) is 29.3 Å². The van der Waals surface area contributed by atoms with Crippen LogP contribution in [0.15, 0.2) is 72.8 Å². The number of carbonyl (C=O) groups excluding carboxylic acids is 2. The van der Waals surface area contributed by atoms with E-state index in [9.17, 15) is 9.59 Å². The molecule has 1 unspecified atom stereocenters. The van der Waals surface area contributed by atoms with Crippen LogP contribution in [0.1, 0.15) is 41.2 Å². The molecule has 0 spiro atoms. The maximum atomic E-state index is 13.8. The van der Waals surface area contributed by atoms with E-state index >= 15 is 0 Å². The fourth-order valence-corrected chi connectivity index (χ4v) is 4.09. The molecule has 178 valence electrons. The Morgan fingerprint density at radius 2 is 1.65 bits per heavy atom. The van der Waals surface area contributed by atoms with Crippen LogP contribution in [0.25, 0.3) is 0 Å². The molecular formula is C29H33ClN2O2. The van der Waals surface area contributed by atoms with Gasteiger partial charge in [0.05, 0.1) is 6.42 Å². The number of hydrogen-bond donors (Lipinski definition) is 1. The first kappa shape index (κ1) is 25.5. The number of benzene rings is 3. The van der Waals surface area contributed by atoms with E-state index in [2.05, 4.69) is 11.4 Å². The number of nitrogens with zero attached hydrogens (tertiary/aromatic N) is 1. The molecule has 5 heteroatoms. The predicted octanol–water partition coefficient (Wildman–Crippen LogP) is 5.67. The maximum absolute atomic E-state index is 13.8. The van der Waals surface area contributed by atoms with Crippen LogP contribution in [0.2, 0.25) is 5.02 Å². The van der Waals surface area contributed by atoms with E-state index in [4.69, 9.17) is 11.6 Å². The summed E-state index contributed by atoms with van der Waals surface area (Å²) < 4.78 is 0. The summed E-state index contributed by atoms with van der Waals surface area (Å²) in [7, 11) is 0. The summed E-state index contributed by atoms with van der Waals surface area (Å²) in [6.45, 7) is 6.96. The van der Waals surface area contributed by atoms with Gasteiger partial charge in [0.2, 0.25) is 11.8 Å². The molecule has 0 heterocycles. The highest BCUT2D eigenvalue weighted by molar-refractivity contribution is 6.30. The first-order valence-corrected chi connectivity index (χ1v) is 12.2. The standard InChI is InChI=1S/C29H33ClN2O2/c1-4-16-31-29(34)27(18-23-8-6-5-7-9-23)32(20-24-12-14-26(30)15-13-24)28(33)19-25-17-21(2)10-11-22(25)3/h5-15,17,27H,4,16,18-20H2,1-3H3,(H,31,34). The average Bonchev–Trinajstić information content (AvgIpc) is 2.83. The quantitative estimate of drug-likeness (QED) is 0.410. The molecule has 0 saturated carbocycles. The lowest BCUT2D eigenvalue weighted by atomic mass is 9.99.